The van der Waals surface area contributed by atoms with Gasteiger partial charge in [0.15, 0.2) is 0 Å². The summed E-state index contributed by atoms with van der Waals surface area (Å²) in [6.45, 7) is 6.83. The van der Waals surface area contributed by atoms with Crippen molar-refractivity contribution in [2.75, 3.05) is 13.7 Å². The van der Waals surface area contributed by atoms with Crippen molar-refractivity contribution in [2.45, 2.75) is 118 Å². The molecule has 0 saturated heterocycles. The molecule has 51 heteroatoms. The summed E-state index contributed by atoms with van der Waals surface area (Å²) in [5.41, 5.74) is -35.8. The number of ether oxygens (including phenoxy) is 4. The Bertz CT molecular complexity index is 3980. The Morgan fingerprint density at radius 1 is 0.505 bits per heavy atom. The van der Waals surface area contributed by atoms with Gasteiger partial charge in [-0.2, -0.15) is 118 Å². The van der Waals surface area contributed by atoms with Crippen LogP contribution in [0, 0.1) is 0 Å². The molecule has 97 heavy (non-hydrogen) atoms. The Morgan fingerprint density at radius 2 is 0.845 bits per heavy atom. The van der Waals surface area contributed by atoms with Gasteiger partial charge < -0.3 is 23.9 Å². The monoisotopic (exact) mass is 1580 g/mol. The first kappa shape index (κ1) is 87.7. The molecular formula is C46H37F27N3NaO14S5Si. The number of sulfonamides is 4. The Kier molecular flexibility index (Phi) is 25.2. The predicted molar refractivity (Wildman–Crippen MR) is 275 cm³/mol. The molecule has 0 radical (unpaired) electrons. The van der Waals surface area contributed by atoms with Gasteiger partial charge in [-0.15, -0.1) is 13.2 Å². The second-order valence-corrected chi connectivity index (χ2v) is 31.9. The molecule has 0 aromatic heterocycles. The first-order chi connectivity index (χ1) is 42.6. The van der Waals surface area contributed by atoms with Gasteiger partial charge in [0.2, 0.25) is 5.41 Å². The molecule has 17 nitrogen and oxygen atoms in total. The van der Waals surface area contributed by atoms with E-state index in [9.17, 15) is 121 Å². The van der Waals surface area contributed by atoms with Gasteiger partial charge in [-0.1, -0.05) is 72.5 Å². The standard InChI is InChI=1S/C40H24F24N2O12S4.C4H9F3NSi.C2H4.Na.O2S/c1-28(41)31(43,44)33(47,48)35(28,51)78-25-14-4-19(16-27(25)80(69,70)66-82(73,74)40(62,63)64)18-3-13-24(26(15-18)79(67,68)65-81(71,72)39(59,60)61)76-17-29(42)32(45,46)34(49,50)36(29,52)77-23-11-7-21(8-12-23)30(37(53,54)55,38(56,57)58)20-5-9-22(75-2)10-6-20;1-9(2,3)8-4(5,6)7;1-2;;1-3-2/h3-16,65-66H,17H2,1-2H3;1-3H3;1-2H2;;/q;-1;;+1;. The summed E-state index contributed by atoms with van der Waals surface area (Å²) < 4.78 is 517. The molecule has 2 aliphatic rings. The summed E-state index contributed by atoms with van der Waals surface area (Å²) in [7, 11) is -29.5. The molecule has 0 heterocycles. The number of alkyl halides is 27. The molecule has 4 unspecified atom stereocenters. The normalized spacial score (nSPS) is 22.5. The van der Waals surface area contributed by atoms with E-state index in [1.54, 1.807) is 19.6 Å². The zero-order valence-corrected chi connectivity index (χ0v) is 55.2. The molecule has 2 aliphatic carbocycles. The van der Waals surface area contributed by atoms with Crippen LogP contribution in [0.5, 0.6) is 23.0 Å². The van der Waals surface area contributed by atoms with E-state index in [1.807, 2.05) is 0 Å². The number of hydrogen-bond donors (Lipinski definition) is 2. The van der Waals surface area contributed by atoms with Gasteiger partial charge in [0.1, 0.15) is 39.4 Å². The van der Waals surface area contributed by atoms with Crippen molar-refractivity contribution in [1.29, 1.82) is 0 Å². The molecule has 4 atom stereocenters. The number of nitrogens with zero attached hydrogens (tertiary/aromatic N) is 1. The molecule has 4 aromatic carbocycles. The van der Waals surface area contributed by atoms with Crippen LogP contribution in [-0.2, 0) is 57.1 Å². The maximum absolute atomic E-state index is 16.4. The predicted octanol–water partition coefficient (Wildman–Crippen LogP) is 10.1. The van der Waals surface area contributed by atoms with Gasteiger partial charge in [-0.3, -0.25) is 0 Å². The van der Waals surface area contributed by atoms with Crippen LogP contribution < -0.4 is 56.8 Å². The third-order valence-electron chi connectivity index (χ3n) is 12.7. The van der Waals surface area contributed by atoms with Crippen LogP contribution in [0.15, 0.2) is 108 Å². The number of methoxy groups -OCH3 is 1. The van der Waals surface area contributed by atoms with Gasteiger partial charge >= 0.3 is 126 Å². The van der Waals surface area contributed by atoms with Crippen LogP contribution in [0.1, 0.15) is 18.1 Å². The minimum absolute atomic E-state index is 0. The van der Waals surface area contributed by atoms with Crippen molar-refractivity contribution in [1.82, 2.24) is 8.25 Å². The Balaban J connectivity index is 0.00000193. The fraction of sp³-hybridized carbons (Fsp3) is 0.435. The molecule has 6 rings (SSSR count). The van der Waals surface area contributed by atoms with Crippen molar-refractivity contribution >= 4 is 59.9 Å². The molecule has 0 aliphatic heterocycles. The van der Waals surface area contributed by atoms with Crippen molar-refractivity contribution in [3.63, 3.8) is 0 Å². The van der Waals surface area contributed by atoms with E-state index in [0.717, 1.165) is 7.11 Å². The Labute approximate surface area is 554 Å². The molecule has 0 bridgehead atoms. The van der Waals surface area contributed by atoms with Gasteiger partial charge in [0.25, 0.3) is 31.4 Å². The number of rotatable bonds is 18. The quantitative estimate of drug-likeness (QED) is 0.0407. The van der Waals surface area contributed by atoms with Crippen LogP contribution in [0.2, 0.25) is 19.6 Å². The largest absolute Gasteiger partial charge is 1.00 e. The maximum atomic E-state index is 16.4. The molecule has 0 spiro atoms. The molecule has 2 N–H and O–H groups in total. The number of nitrogens with one attached hydrogen (secondary N) is 2. The Morgan fingerprint density at radius 3 is 1.15 bits per heavy atom. The van der Waals surface area contributed by atoms with E-state index in [1.165, 1.54) is 0 Å². The number of hydrogen-bond acceptors (Lipinski definition) is 14. The van der Waals surface area contributed by atoms with Crippen molar-refractivity contribution < 1.29 is 209 Å². The minimum Gasteiger partial charge on any atom is -0.573 e. The van der Waals surface area contributed by atoms with Crippen LogP contribution in [-0.4, -0.2) is 140 Å². The SMILES string of the molecule is C=C.COc1ccc(C(c2ccc(OC3(F)C(F)(F)C(F)(F)C3(F)COc3ccc(-c4ccc(OC5(F)C(C)(F)C(F)(F)C5(F)F)c(S(=O)(=O)NS(=O)(=O)C(F)(F)F)c4)cc3S(=O)(=O)NS(=O)(=O)C(F)(F)F)cc2)(C(F)(F)F)C(F)(F)F)cc1.C[Si](C)(C)[N-]C(F)(F)F.O=S=O.[Na+]. The second-order valence-electron chi connectivity index (χ2n) is 20.0. The zero-order chi connectivity index (χ0) is 75.5. The van der Waals surface area contributed by atoms with E-state index in [2.05, 4.69) is 32.4 Å². The van der Waals surface area contributed by atoms with Gasteiger partial charge in [0, 0.05) is 0 Å². The molecule has 2 saturated carbocycles. The number of benzene rings is 4. The molecule has 2 fully saturated rings. The summed E-state index contributed by atoms with van der Waals surface area (Å²) in [6, 6.07) is -0.399. The number of halogens is 27. The maximum Gasteiger partial charge on any atom is 1.00 e. The van der Waals surface area contributed by atoms with Gasteiger partial charge in [-0.25, -0.2) is 42.5 Å². The van der Waals surface area contributed by atoms with E-state index in [4.69, 9.17) is 13.2 Å². The average Bonchev–Trinajstić information content (AvgIpc) is 0.663. The zero-order valence-electron chi connectivity index (χ0n) is 48.1. The smallest absolute Gasteiger partial charge is 0.573 e. The summed E-state index contributed by atoms with van der Waals surface area (Å²) >= 11 is -0.750. The average molecular weight is 1580 g/mol. The summed E-state index contributed by atoms with van der Waals surface area (Å²) in [4.78, 5) is -2.20. The first-order valence-electron chi connectivity index (χ1n) is 24.0. The van der Waals surface area contributed by atoms with E-state index < -0.39 is 217 Å². The second kappa shape index (κ2) is 27.9. The fourth-order valence-electron chi connectivity index (χ4n) is 8.20. The molecule has 4 aromatic rings. The molecule has 0 amide bonds. The molecule has 544 valence electrons. The first-order valence-corrected chi connectivity index (χ1v) is 34.0. The summed E-state index contributed by atoms with van der Waals surface area (Å²) in [6.07, 6.45) is -17.1. The minimum atomic E-state index is -7.30. The van der Waals surface area contributed by atoms with Crippen LogP contribution in [0.3, 0.4) is 0 Å². The Hall–Kier alpha value is -5.35. The van der Waals surface area contributed by atoms with Crippen molar-refractivity contribution in [3.8, 4) is 34.1 Å². The molecular weight excluding hydrogens is 1540 g/mol. The van der Waals surface area contributed by atoms with Crippen LogP contribution in [0.4, 0.5) is 119 Å². The fourth-order valence-corrected chi connectivity index (χ4v) is 14.1. The topological polar surface area (TPSA) is 246 Å². The van der Waals surface area contributed by atoms with Crippen LogP contribution >= 0.6 is 0 Å². The summed E-state index contributed by atoms with van der Waals surface area (Å²) in [5.74, 6) is -43.8. The van der Waals surface area contributed by atoms with E-state index in [-0.39, 0.29) is 104 Å². The van der Waals surface area contributed by atoms with E-state index >= 15 is 30.7 Å². The van der Waals surface area contributed by atoms with Crippen molar-refractivity contribution in [2.24, 2.45) is 0 Å². The summed E-state index contributed by atoms with van der Waals surface area (Å²) in [5, 5.41) is 0. The van der Waals surface area contributed by atoms with Gasteiger partial charge in [-0.05, 0) is 77.7 Å². The van der Waals surface area contributed by atoms with E-state index in [0.29, 0.717) is 12.1 Å². The third-order valence-corrected chi connectivity index (χ3v) is 20.2. The van der Waals surface area contributed by atoms with Crippen LogP contribution in [0.25, 0.3) is 16.1 Å². The van der Waals surface area contributed by atoms with Gasteiger partial charge in [0.05, 0.1) is 7.11 Å². The third kappa shape index (κ3) is 15.8. The van der Waals surface area contributed by atoms with Crippen molar-refractivity contribution in [3.05, 3.63) is 114 Å².